The maximum Gasteiger partial charge on any atom is 0.326 e. The van der Waals surface area contributed by atoms with Crippen LogP contribution in [0.3, 0.4) is 0 Å². The number of nitrogens with one attached hydrogen (secondary N) is 1. The van der Waals surface area contributed by atoms with Crippen molar-refractivity contribution in [3.63, 3.8) is 0 Å². The van der Waals surface area contributed by atoms with E-state index in [0.29, 0.717) is 0 Å². The van der Waals surface area contributed by atoms with Crippen molar-refractivity contribution in [2.45, 2.75) is 0 Å². The van der Waals surface area contributed by atoms with Crippen LogP contribution in [0, 0.1) is 0 Å². The van der Waals surface area contributed by atoms with Crippen LogP contribution in [0.15, 0.2) is 29.5 Å². The molecule has 0 aliphatic rings. The number of benzene rings is 1. The summed E-state index contributed by atoms with van der Waals surface area (Å²) in [5, 5.41) is 0.923. The van der Waals surface area contributed by atoms with Crippen molar-refractivity contribution in [1.82, 2.24) is 19.5 Å². The Bertz CT molecular complexity index is 710. The molecule has 0 atom stereocenters. The van der Waals surface area contributed by atoms with Crippen LogP contribution in [0.4, 0.5) is 0 Å². The predicted octanol–water partition coefficient (Wildman–Crippen LogP) is 0.810. The van der Waals surface area contributed by atoms with E-state index in [2.05, 4.69) is 15.0 Å². The van der Waals surface area contributed by atoms with E-state index in [1.54, 1.807) is 17.8 Å². The fraction of sp³-hybridized carbons (Fsp3) is 0.100. The maximum atomic E-state index is 11.4. The van der Waals surface area contributed by atoms with Gasteiger partial charge in [0.1, 0.15) is 6.33 Å². The van der Waals surface area contributed by atoms with Crippen molar-refractivity contribution in [3.05, 3.63) is 35.1 Å². The first-order chi connectivity index (χ1) is 7.25. The molecule has 5 heteroatoms. The van der Waals surface area contributed by atoms with Crippen molar-refractivity contribution in [3.8, 4) is 0 Å². The molecule has 0 spiro atoms. The number of aryl methyl sites for hydroxylation is 1. The van der Waals surface area contributed by atoms with E-state index in [4.69, 9.17) is 0 Å². The lowest BCUT2D eigenvalue weighted by Gasteiger charge is -1.97. The quantitative estimate of drug-likeness (QED) is 0.584. The van der Waals surface area contributed by atoms with Gasteiger partial charge >= 0.3 is 5.69 Å². The molecule has 0 saturated carbocycles. The maximum absolute atomic E-state index is 11.4. The van der Waals surface area contributed by atoms with Gasteiger partial charge in [0, 0.05) is 18.6 Å². The lowest BCUT2D eigenvalue weighted by molar-refractivity contribution is 0.892. The Kier molecular flexibility index (Phi) is 1.45. The average Bonchev–Trinajstić information content (AvgIpc) is 2.52. The first-order valence-corrected chi connectivity index (χ1v) is 4.54. The zero-order chi connectivity index (χ0) is 10.4. The third-order valence-electron chi connectivity index (χ3n) is 2.53. The van der Waals surface area contributed by atoms with Crippen LogP contribution in [0.1, 0.15) is 0 Å². The Morgan fingerprint density at radius 3 is 3.13 bits per heavy atom. The minimum absolute atomic E-state index is 0.117. The highest BCUT2D eigenvalue weighted by molar-refractivity contribution is 5.92. The molecular formula is C10H8N4O. The van der Waals surface area contributed by atoms with E-state index in [1.807, 2.05) is 12.1 Å². The summed E-state index contributed by atoms with van der Waals surface area (Å²) in [4.78, 5) is 22.2. The highest BCUT2D eigenvalue weighted by Crippen LogP contribution is 2.17. The number of rotatable bonds is 0. The lowest BCUT2D eigenvalue weighted by Crippen LogP contribution is -2.11. The van der Waals surface area contributed by atoms with Crippen molar-refractivity contribution in [2.75, 3.05) is 0 Å². The number of hydrogen-bond donors (Lipinski definition) is 1. The van der Waals surface area contributed by atoms with Gasteiger partial charge in [0.05, 0.1) is 16.6 Å². The molecule has 0 radical (unpaired) electrons. The summed E-state index contributed by atoms with van der Waals surface area (Å²) in [6, 6.07) is 3.76. The standard InChI is InChI=1S/C10H8N4O/c1-14-9-3-7-6(4-11-5-12-7)2-8(9)13-10(14)15/h2-5H,1H3,(H,13,15). The monoisotopic (exact) mass is 200 g/mol. The molecule has 1 aromatic carbocycles. The van der Waals surface area contributed by atoms with Crippen molar-refractivity contribution >= 4 is 21.9 Å². The molecule has 0 aliphatic heterocycles. The van der Waals surface area contributed by atoms with E-state index < -0.39 is 0 Å². The first kappa shape index (κ1) is 8.16. The molecule has 2 aromatic heterocycles. The first-order valence-electron chi connectivity index (χ1n) is 4.54. The van der Waals surface area contributed by atoms with Crippen LogP contribution in [0.2, 0.25) is 0 Å². The van der Waals surface area contributed by atoms with Crippen molar-refractivity contribution < 1.29 is 0 Å². The zero-order valence-corrected chi connectivity index (χ0v) is 8.06. The number of fused-ring (bicyclic) bond motifs is 2. The van der Waals surface area contributed by atoms with Gasteiger partial charge in [-0.25, -0.2) is 14.8 Å². The van der Waals surface area contributed by atoms with Gasteiger partial charge < -0.3 is 4.98 Å². The number of aromatic nitrogens is 4. The largest absolute Gasteiger partial charge is 0.326 e. The normalized spacial score (nSPS) is 11.3. The molecule has 1 N–H and O–H groups in total. The van der Waals surface area contributed by atoms with Crippen molar-refractivity contribution in [1.29, 1.82) is 0 Å². The summed E-state index contributed by atoms with van der Waals surface area (Å²) in [5.74, 6) is 0. The van der Waals surface area contributed by atoms with Gasteiger partial charge in [-0.15, -0.1) is 0 Å². The molecule has 0 unspecified atom stereocenters. The average molecular weight is 200 g/mol. The number of hydrogen-bond acceptors (Lipinski definition) is 3. The highest BCUT2D eigenvalue weighted by atomic mass is 16.1. The van der Waals surface area contributed by atoms with E-state index in [9.17, 15) is 4.79 Å². The van der Waals surface area contributed by atoms with Gasteiger partial charge in [0.15, 0.2) is 0 Å². The van der Waals surface area contributed by atoms with Crippen molar-refractivity contribution in [2.24, 2.45) is 7.05 Å². The third kappa shape index (κ3) is 1.06. The molecular weight excluding hydrogens is 192 g/mol. The summed E-state index contributed by atoms with van der Waals surface area (Å²) in [7, 11) is 1.73. The van der Waals surface area contributed by atoms with E-state index in [0.717, 1.165) is 21.9 Å². The Labute approximate surface area is 84.4 Å². The molecule has 0 saturated heterocycles. The Morgan fingerprint density at radius 1 is 1.40 bits per heavy atom. The van der Waals surface area contributed by atoms with E-state index >= 15 is 0 Å². The van der Waals surface area contributed by atoms with Gasteiger partial charge in [-0.05, 0) is 12.1 Å². The number of H-pyrrole nitrogens is 1. The minimum Gasteiger partial charge on any atom is -0.306 e. The summed E-state index contributed by atoms with van der Waals surface area (Å²) < 4.78 is 1.57. The van der Waals surface area contributed by atoms with E-state index in [1.165, 1.54) is 6.33 Å². The predicted molar refractivity (Wildman–Crippen MR) is 56.6 cm³/mol. The molecule has 0 amide bonds. The fourth-order valence-electron chi connectivity index (χ4n) is 1.70. The molecule has 3 aromatic rings. The summed E-state index contributed by atoms with van der Waals surface area (Å²) in [6.45, 7) is 0. The van der Waals surface area contributed by atoms with Crippen LogP contribution in [0.5, 0.6) is 0 Å². The molecule has 15 heavy (non-hydrogen) atoms. The van der Waals surface area contributed by atoms with Gasteiger partial charge in [0.2, 0.25) is 0 Å². The summed E-state index contributed by atoms with van der Waals surface area (Å²) in [5.41, 5.74) is 2.39. The molecule has 74 valence electrons. The second kappa shape index (κ2) is 2.66. The fourth-order valence-corrected chi connectivity index (χ4v) is 1.70. The topological polar surface area (TPSA) is 63.6 Å². The lowest BCUT2D eigenvalue weighted by atomic mass is 10.2. The third-order valence-corrected chi connectivity index (χ3v) is 2.53. The highest BCUT2D eigenvalue weighted by Gasteiger charge is 2.04. The number of aromatic amines is 1. The Balaban J connectivity index is 2.58. The molecule has 0 fully saturated rings. The molecule has 2 heterocycles. The van der Waals surface area contributed by atoms with Gasteiger partial charge in [-0.2, -0.15) is 0 Å². The van der Waals surface area contributed by atoms with Crippen LogP contribution >= 0.6 is 0 Å². The molecule has 0 bridgehead atoms. The SMILES string of the molecule is Cn1c(=O)[nH]c2cc3cncnc3cc21. The molecule has 3 rings (SSSR count). The van der Waals surface area contributed by atoms with Gasteiger partial charge in [-0.1, -0.05) is 0 Å². The van der Waals surface area contributed by atoms with Gasteiger partial charge in [0.25, 0.3) is 0 Å². The van der Waals surface area contributed by atoms with E-state index in [-0.39, 0.29) is 5.69 Å². The zero-order valence-electron chi connectivity index (χ0n) is 8.06. The van der Waals surface area contributed by atoms with Gasteiger partial charge in [-0.3, -0.25) is 4.57 Å². The molecule has 5 nitrogen and oxygen atoms in total. The molecule has 0 aliphatic carbocycles. The summed E-state index contributed by atoms with van der Waals surface area (Å²) in [6.07, 6.45) is 3.23. The Hall–Kier alpha value is -2.17. The second-order valence-corrected chi connectivity index (χ2v) is 3.44. The number of nitrogens with zero attached hydrogens (tertiary/aromatic N) is 3. The van der Waals surface area contributed by atoms with Crippen LogP contribution in [-0.4, -0.2) is 19.5 Å². The van der Waals surface area contributed by atoms with Crippen LogP contribution in [0.25, 0.3) is 21.9 Å². The Morgan fingerprint density at radius 2 is 2.27 bits per heavy atom. The number of imidazole rings is 1. The smallest absolute Gasteiger partial charge is 0.306 e. The van der Waals surface area contributed by atoms with Crippen LogP contribution in [-0.2, 0) is 7.05 Å². The van der Waals surface area contributed by atoms with Crippen LogP contribution < -0.4 is 5.69 Å². The second-order valence-electron chi connectivity index (χ2n) is 3.44. The minimum atomic E-state index is -0.117. The summed E-state index contributed by atoms with van der Waals surface area (Å²) >= 11 is 0.